The molecule has 26 heavy (non-hydrogen) atoms. The van der Waals surface area contributed by atoms with Gasteiger partial charge in [0, 0.05) is 26.3 Å². The fourth-order valence-corrected chi connectivity index (χ4v) is 2.25. The summed E-state index contributed by atoms with van der Waals surface area (Å²) < 4.78 is 5.48. The molecule has 2 aromatic carbocycles. The highest BCUT2D eigenvalue weighted by Crippen LogP contribution is 2.18. The Morgan fingerprint density at radius 2 is 1.81 bits per heavy atom. The number of carbonyl (C=O) groups excluding carboxylic acids is 2. The molecule has 2 aromatic rings. The molecular weight excluding hydrogens is 330 g/mol. The smallest absolute Gasteiger partial charge is 0.319 e. The van der Waals surface area contributed by atoms with Gasteiger partial charge in [-0.3, -0.25) is 4.79 Å². The molecular formula is C20H25N3O3. The van der Waals surface area contributed by atoms with Crippen molar-refractivity contribution in [3.63, 3.8) is 0 Å². The number of hydrogen-bond acceptors (Lipinski definition) is 3. The van der Waals surface area contributed by atoms with Gasteiger partial charge >= 0.3 is 6.03 Å². The molecule has 0 aromatic heterocycles. The van der Waals surface area contributed by atoms with Crippen LogP contribution in [-0.4, -0.2) is 37.5 Å². The number of nitrogens with one attached hydrogen (secondary N) is 2. The van der Waals surface area contributed by atoms with Crippen LogP contribution in [0.3, 0.4) is 0 Å². The number of anilines is 1. The molecule has 0 unspecified atom stereocenters. The minimum Gasteiger partial charge on any atom is -0.484 e. The molecule has 6 nitrogen and oxygen atoms in total. The van der Waals surface area contributed by atoms with E-state index in [1.54, 1.807) is 26.2 Å². The molecule has 6 heteroatoms. The van der Waals surface area contributed by atoms with Gasteiger partial charge in [0.05, 0.1) is 0 Å². The summed E-state index contributed by atoms with van der Waals surface area (Å²) in [7, 11) is 3.36. The lowest BCUT2D eigenvalue weighted by Crippen LogP contribution is -2.28. The first-order valence-electron chi connectivity index (χ1n) is 8.40. The van der Waals surface area contributed by atoms with E-state index in [0.29, 0.717) is 12.3 Å². The normalized spacial score (nSPS) is 10.2. The number of urea groups is 1. The molecule has 0 fully saturated rings. The highest BCUT2D eigenvalue weighted by atomic mass is 16.5. The Kier molecular flexibility index (Phi) is 6.60. The van der Waals surface area contributed by atoms with Crippen LogP contribution in [0.15, 0.2) is 42.5 Å². The second-order valence-corrected chi connectivity index (χ2v) is 6.28. The van der Waals surface area contributed by atoms with Crippen LogP contribution in [0.4, 0.5) is 10.5 Å². The number of amides is 3. The van der Waals surface area contributed by atoms with Crippen molar-refractivity contribution in [2.75, 3.05) is 26.0 Å². The third-order valence-corrected chi connectivity index (χ3v) is 4.07. The lowest BCUT2D eigenvalue weighted by molar-refractivity contribution is -0.130. The molecule has 0 saturated heterocycles. The molecule has 0 aliphatic rings. The molecule has 0 bridgehead atoms. The Morgan fingerprint density at radius 3 is 2.54 bits per heavy atom. The van der Waals surface area contributed by atoms with Gasteiger partial charge in [0.25, 0.3) is 5.91 Å². The van der Waals surface area contributed by atoms with Gasteiger partial charge in [-0.15, -0.1) is 0 Å². The molecule has 0 heterocycles. The molecule has 2 N–H and O–H groups in total. The van der Waals surface area contributed by atoms with Crippen molar-refractivity contribution in [2.24, 2.45) is 0 Å². The van der Waals surface area contributed by atoms with E-state index < -0.39 is 0 Å². The van der Waals surface area contributed by atoms with Crippen LogP contribution in [0.2, 0.25) is 0 Å². The molecule has 0 saturated carbocycles. The zero-order chi connectivity index (χ0) is 19.1. The summed E-state index contributed by atoms with van der Waals surface area (Å²) in [5, 5.41) is 5.68. The number of hydrogen-bond donors (Lipinski definition) is 2. The Labute approximate surface area is 154 Å². The van der Waals surface area contributed by atoms with Gasteiger partial charge in [-0.2, -0.15) is 0 Å². The Morgan fingerprint density at radius 1 is 1.08 bits per heavy atom. The molecule has 138 valence electrons. The number of rotatable bonds is 6. The van der Waals surface area contributed by atoms with E-state index in [9.17, 15) is 9.59 Å². The van der Waals surface area contributed by atoms with Gasteiger partial charge in [-0.05, 0) is 48.7 Å². The van der Waals surface area contributed by atoms with Gasteiger partial charge in [-0.1, -0.05) is 24.3 Å². The predicted molar refractivity (Wildman–Crippen MR) is 102 cm³/mol. The van der Waals surface area contributed by atoms with Crippen molar-refractivity contribution < 1.29 is 14.3 Å². The number of ether oxygens (including phenoxy) is 1. The van der Waals surface area contributed by atoms with Crippen molar-refractivity contribution in [2.45, 2.75) is 20.4 Å². The second kappa shape index (κ2) is 8.89. The van der Waals surface area contributed by atoms with Crippen molar-refractivity contribution in [3.8, 4) is 5.75 Å². The van der Waals surface area contributed by atoms with Crippen LogP contribution in [0, 0.1) is 13.8 Å². The van der Waals surface area contributed by atoms with E-state index in [-0.39, 0.29) is 18.5 Å². The van der Waals surface area contributed by atoms with Crippen molar-refractivity contribution >= 4 is 17.6 Å². The largest absolute Gasteiger partial charge is 0.484 e. The first-order chi connectivity index (χ1) is 12.4. The second-order valence-electron chi connectivity index (χ2n) is 6.28. The Balaban J connectivity index is 1.89. The zero-order valence-electron chi connectivity index (χ0n) is 15.6. The molecule has 0 aliphatic heterocycles. The van der Waals surface area contributed by atoms with Crippen LogP contribution in [0.5, 0.6) is 5.75 Å². The van der Waals surface area contributed by atoms with Crippen molar-refractivity contribution in [3.05, 3.63) is 59.2 Å². The quantitative estimate of drug-likeness (QED) is 0.836. The zero-order valence-corrected chi connectivity index (χ0v) is 15.6. The third-order valence-electron chi connectivity index (χ3n) is 4.07. The summed E-state index contributed by atoms with van der Waals surface area (Å²) in [6.45, 7) is 4.32. The summed E-state index contributed by atoms with van der Waals surface area (Å²) in [4.78, 5) is 25.2. The van der Waals surface area contributed by atoms with E-state index in [2.05, 4.69) is 10.6 Å². The molecule has 0 spiro atoms. The standard InChI is InChI=1S/C20H25N3O3/c1-14-7-5-10-18(15(14)2)22-20(25)21-12-16-8-6-9-17(11-16)26-13-19(24)23(3)4/h5-11H,12-13H2,1-4H3,(H2,21,22,25). The van der Waals surface area contributed by atoms with Crippen LogP contribution in [0.25, 0.3) is 0 Å². The average Bonchev–Trinajstić information content (AvgIpc) is 2.62. The molecule has 0 aliphatic carbocycles. The highest BCUT2D eigenvalue weighted by molar-refractivity contribution is 5.90. The van der Waals surface area contributed by atoms with Gasteiger partial charge in [0.15, 0.2) is 6.61 Å². The van der Waals surface area contributed by atoms with Crippen LogP contribution in [0.1, 0.15) is 16.7 Å². The van der Waals surface area contributed by atoms with Crippen LogP contribution >= 0.6 is 0 Å². The van der Waals surface area contributed by atoms with Gasteiger partial charge in [0.1, 0.15) is 5.75 Å². The summed E-state index contributed by atoms with van der Waals surface area (Å²) in [6.07, 6.45) is 0. The van der Waals surface area contributed by atoms with Crippen molar-refractivity contribution in [1.29, 1.82) is 0 Å². The number of nitrogens with zero attached hydrogens (tertiary/aromatic N) is 1. The first-order valence-corrected chi connectivity index (χ1v) is 8.40. The van der Waals surface area contributed by atoms with E-state index in [4.69, 9.17) is 4.74 Å². The van der Waals surface area contributed by atoms with Gasteiger partial charge in [-0.25, -0.2) is 4.79 Å². The fourth-order valence-electron chi connectivity index (χ4n) is 2.25. The number of likely N-dealkylation sites (N-methyl/N-ethyl adjacent to an activating group) is 1. The summed E-state index contributed by atoms with van der Waals surface area (Å²) in [5.74, 6) is 0.482. The van der Waals surface area contributed by atoms with Crippen LogP contribution < -0.4 is 15.4 Å². The van der Waals surface area contributed by atoms with Gasteiger partial charge < -0.3 is 20.3 Å². The Bertz CT molecular complexity index is 788. The van der Waals surface area contributed by atoms with Gasteiger partial charge in [0.2, 0.25) is 0 Å². The monoisotopic (exact) mass is 355 g/mol. The lowest BCUT2D eigenvalue weighted by atomic mass is 10.1. The molecule has 2 rings (SSSR count). The lowest BCUT2D eigenvalue weighted by Gasteiger charge is -2.13. The summed E-state index contributed by atoms with van der Waals surface area (Å²) >= 11 is 0. The number of benzene rings is 2. The minimum absolute atomic E-state index is 0.0169. The summed E-state index contributed by atoms with van der Waals surface area (Å²) in [6, 6.07) is 12.8. The van der Waals surface area contributed by atoms with E-state index in [1.165, 1.54) is 4.90 Å². The SMILES string of the molecule is Cc1cccc(NC(=O)NCc2cccc(OCC(=O)N(C)C)c2)c1C. The van der Waals surface area contributed by atoms with E-state index >= 15 is 0 Å². The number of carbonyl (C=O) groups is 2. The molecule has 3 amide bonds. The third kappa shape index (κ3) is 5.51. The molecule has 0 radical (unpaired) electrons. The van der Waals surface area contributed by atoms with Crippen LogP contribution in [-0.2, 0) is 11.3 Å². The number of aryl methyl sites for hydroxylation is 1. The first kappa shape index (κ1) is 19.3. The minimum atomic E-state index is -0.271. The van der Waals surface area contributed by atoms with Crippen molar-refractivity contribution in [1.82, 2.24) is 10.2 Å². The maximum Gasteiger partial charge on any atom is 0.319 e. The summed E-state index contributed by atoms with van der Waals surface area (Å²) in [5.41, 5.74) is 3.85. The van der Waals surface area contributed by atoms with E-state index in [0.717, 1.165) is 22.4 Å². The fraction of sp³-hybridized carbons (Fsp3) is 0.300. The Hall–Kier alpha value is -3.02. The maximum atomic E-state index is 12.1. The topological polar surface area (TPSA) is 70.7 Å². The molecule has 0 atom stereocenters. The average molecular weight is 355 g/mol. The highest BCUT2D eigenvalue weighted by Gasteiger charge is 2.07. The predicted octanol–water partition coefficient (Wildman–Crippen LogP) is 3.09. The maximum absolute atomic E-state index is 12.1. The van der Waals surface area contributed by atoms with E-state index in [1.807, 2.05) is 44.2 Å².